The molecule has 0 bridgehead atoms. The highest BCUT2D eigenvalue weighted by Crippen LogP contribution is 2.36. The van der Waals surface area contributed by atoms with E-state index in [0.717, 1.165) is 18.3 Å². The summed E-state index contributed by atoms with van der Waals surface area (Å²) in [6.45, 7) is 6.53. The third-order valence-corrected chi connectivity index (χ3v) is 5.18. The largest absolute Gasteiger partial charge is 0.497 e. The van der Waals surface area contributed by atoms with Crippen molar-refractivity contribution in [2.75, 3.05) is 6.61 Å². The second-order valence-corrected chi connectivity index (χ2v) is 7.26. The summed E-state index contributed by atoms with van der Waals surface area (Å²) in [5.41, 5.74) is 0. The lowest BCUT2D eigenvalue weighted by atomic mass is 9.90. The Kier molecular flexibility index (Phi) is 13.6. The van der Waals surface area contributed by atoms with Crippen LogP contribution in [0.2, 0.25) is 0 Å². The van der Waals surface area contributed by atoms with Crippen LogP contribution in [-0.4, -0.2) is 6.61 Å². The van der Waals surface area contributed by atoms with Gasteiger partial charge in [-0.05, 0) is 62.9 Å². The fourth-order valence-corrected chi connectivity index (χ4v) is 3.74. The van der Waals surface area contributed by atoms with E-state index in [4.69, 9.17) is 4.74 Å². The molecule has 1 rings (SSSR count). The number of ether oxygens (including phenoxy) is 1. The van der Waals surface area contributed by atoms with Gasteiger partial charge in [-0.15, -0.1) is 0 Å². The smallest absolute Gasteiger partial charge is 0.105 e. The Morgan fingerprint density at radius 3 is 2.54 bits per heavy atom. The molecule has 1 aliphatic rings. The van der Waals surface area contributed by atoms with Crippen LogP contribution in [0.3, 0.4) is 0 Å². The minimum absolute atomic E-state index is 0.617. The predicted octanol–water partition coefficient (Wildman–Crippen LogP) is 7.60. The molecule has 1 aliphatic carbocycles. The third kappa shape index (κ3) is 10.7. The van der Waals surface area contributed by atoms with E-state index in [9.17, 15) is 0 Å². The van der Waals surface area contributed by atoms with Gasteiger partial charge in [0.15, 0.2) is 0 Å². The van der Waals surface area contributed by atoms with Crippen molar-refractivity contribution in [1.29, 1.82) is 0 Å². The first-order valence-corrected chi connectivity index (χ1v) is 10.4. The molecule has 0 aliphatic heterocycles. The van der Waals surface area contributed by atoms with Gasteiger partial charge < -0.3 is 4.74 Å². The Bertz CT molecular complexity index is 342. The van der Waals surface area contributed by atoms with Crippen LogP contribution in [0.25, 0.3) is 0 Å². The number of allylic oxidation sites excluding steroid dienone is 3. The Balaban J connectivity index is 2.03. The molecule has 0 unspecified atom stereocenters. The number of rotatable bonds is 15. The van der Waals surface area contributed by atoms with Gasteiger partial charge in [0, 0.05) is 0 Å². The molecule has 0 aromatic rings. The normalized spacial score (nSPS) is 21.0. The van der Waals surface area contributed by atoms with Gasteiger partial charge in [-0.25, -0.2) is 0 Å². The molecular formula is C23H40O. The van der Waals surface area contributed by atoms with Crippen molar-refractivity contribution in [2.24, 2.45) is 11.8 Å². The van der Waals surface area contributed by atoms with Crippen molar-refractivity contribution in [2.45, 2.75) is 90.4 Å². The van der Waals surface area contributed by atoms with Gasteiger partial charge in [0.25, 0.3) is 0 Å². The van der Waals surface area contributed by atoms with Crippen LogP contribution in [0.5, 0.6) is 0 Å². The molecule has 0 amide bonds. The van der Waals surface area contributed by atoms with E-state index < -0.39 is 0 Å². The van der Waals surface area contributed by atoms with Crippen molar-refractivity contribution >= 4 is 0 Å². The standard InChI is InChI=1S/C23H40O/c1-3-5-6-7-9-12-16-22-18-15-19-23(22)17-13-10-8-11-14-21-24-20-4-2/h4,12,14,16,21-23H,2-3,5-11,13,15,17-20H2,1H3/b16-12+,21-14+/t22-,23-/m0/s1. The maximum atomic E-state index is 5.25. The van der Waals surface area contributed by atoms with Crippen molar-refractivity contribution in [3.05, 3.63) is 37.1 Å². The second-order valence-electron chi connectivity index (χ2n) is 7.26. The topological polar surface area (TPSA) is 9.23 Å². The molecular weight excluding hydrogens is 292 g/mol. The van der Waals surface area contributed by atoms with Crippen molar-refractivity contribution in [3.63, 3.8) is 0 Å². The Labute approximate surface area is 151 Å². The highest BCUT2D eigenvalue weighted by molar-refractivity contribution is 4.94. The van der Waals surface area contributed by atoms with Crippen molar-refractivity contribution in [3.8, 4) is 0 Å². The fourth-order valence-electron chi connectivity index (χ4n) is 3.74. The van der Waals surface area contributed by atoms with Crippen molar-refractivity contribution in [1.82, 2.24) is 0 Å². The van der Waals surface area contributed by atoms with Gasteiger partial charge >= 0.3 is 0 Å². The van der Waals surface area contributed by atoms with E-state index in [1.807, 2.05) is 6.26 Å². The minimum atomic E-state index is 0.617. The summed E-state index contributed by atoms with van der Waals surface area (Å²) in [7, 11) is 0. The summed E-state index contributed by atoms with van der Waals surface area (Å²) in [4.78, 5) is 0. The predicted molar refractivity (Wildman–Crippen MR) is 107 cm³/mol. The zero-order valence-corrected chi connectivity index (χ0v) is 16.1. The molecule has 0 radical (unpaired) electrons. The van der Waals surface area contributed by atoms with Crippen molar-refractivity contribution < 1.29 is 4.74 Å². The van der Waals surface area contributed by atoms with E-state index in [2.05, 4.69) is 31.7 Å². The Morgan fingerprint density at radius 2 is 1.75 bits per heavy atom. The van der Waals surface area contributed by atoms with Gasteiger partial charge in [0.1, 0.15) is 6.61 Å². The molecule has 0 aromatic heterocycles. The lowest BCUT2D eigenvalue weighted by molar-refractivity contribution is 0.288. The van der Waals surface area contributed by atoms with E-state index in [0.29, 0.717) is 6.61 Å². The van der Waals surface area contributed by atoms with E-state index >= 15 is 0 Å². The van der Waals surface area contributed by atoms with E-state index in [-0.39, 0.29) is 0 Å². The summed E-state index contributed by atoms with van der Waals surface area (Å²) >= 11 is 0. The molecule has 0 spiro atoms. The summed E-state index contributed by atoms with van der Waals surface area (Å²) in [6, 6.07) is 0. The minimum Gasteiger partial charge on any atom is -0.497 e. The van der Waals surface area contributed by atoms with E-state index in [1.165, 1.54) is 77.0 Å². The average molecular weight is 333 g/mol. The first-order chi connectivity index (χ1) is 11.9. The molecule has 1 heteroatoms. The van der Waals surface area contributed by atoms with Crippen LogP contribution in [-0.2, 0) is 4.74 Å². The van der Waals surface area contributed by atoms with Gasteiger partial charge in [-0.1, -0.05) is 70.3 Å². The van der Waals surface area contributed by atoms with Gasteiger partial charge in [-0.2, -0.15) is 0 Å². The maximum Gasteiger partial charge on any atom is 0.105 e. The number of hydrogen-bond donors (Lipinski definition) is 0. The summed E-state index contributed by atoms with van der Waals surface area (Å²) in [6.07, 6.45) is 28.5. The number of hydrogen-bond acceptors (Lipinski definition) is 1. The Morgan fingerprint density at radius 1 is 0.958 bits per heavy atom. The summed E-state index contributed by atoms with van der Waals surface area (Å²) in [5.74, 6) is 1.84. The van der Waals surface area contributed by atoms with Crippen LogP contribution in [0.4, 0.5) is 0 Å². The molecule has 1 fully saturated rings. The Hall–Kier alpha value is -0.980. The third-order valence-electron chi connectivity index (χ3n) is 5.18. The maximum absolute atomic E-state index is 5.25. The zero-order chi connectivity index (χ0) is 17.3. The quantitative estimate of drug-likeness (QED) is 0.170. The fraction of sp³-hybridized carbons (Fsp3) is 0.739. The lowest BCUT2D eigenvalue weighted by Crippen LogP contribution is -2.05. The molecule has 1 saturated carbocycles. The first kappa shape index (κ1) is 21.1. The summed E-state index contributed by atoms with van der Waals surface area (Å²) < 4.78 is 5.25. The van der Waals surface area contributed by atoms with Crippen LogP contribution >= 0.6 is 0 Å². The molecule has 0 N–H and O–H groups in total. The highest BCUT2D eigenvalue weighted by atomic mass is 16.5. The zero-order valence-electron chi connectivity index (χ0n) is 16.1. The monoisotopic (exact) mass is 332 g/mol. The molecule has 0 heterocycles. The molecule has 138 valence electrons. The molecule has 0 saturated heterocycles. The van der Waals surface area contributed by atoms with Gasteiger partial charge in [0.2, 0.25) is 0 Å². The molecule has 24 heavy (non-hydrogen) atoms. The second kappa shape index (κ2) is 15.5. The van der Waals surface area contributed by atoms with Crippen LogP contribution in [0.15, 0.2) is 37.1 Å². The van der Waals surface area contributed by atoms with E-state index in [1.54, 1.807) is 6.08 Å². The molecule has 1 nitrogen and oxygen atoms in total. The first-order valence-electron chi connectivity index (χ1n) is 10.4. The average Bonchev–Trinajstić information content (AvgIpc) is 3.04. The summed E-state index contributed by atoms with van der Waals surface area (Å²) in [5, 5.41) is 0. The number of unbranched alkanes of at least 4 members (excludes halogenated alkanes) is 7. The van der Waals surface area contributed by atoms with Crippen LogP contribution < -0.4 is 0 Å². The SMILES string of the molecule is C=CCO/C=C/CCCCC[C@H]1CCC[C@@H]1/C=C/CCCCCC. The van der Waals surface area contributed by atoms with Crippen LogP contribution in [0.1, 0.15) is 90.4 Å². The molecule has 2 atom stereocenters. The highest BCUT2D eigenvalue weighted by Gasteiger charge is 2.24. The van der Waals surface area contributed by atoms with Gasteiger partial charge in [-0.3, -0.25) is 0 Å². The molecule has 0 aromatic carbocycles. The van der Waals surface area contributed by atoms with Gasteiger partial charge in [0.05, 0.1) is 6.26 Å². The lowest BCUT2D eigenvalue weighted by Gasteiger charge is -2.16. The van der Waals surface area contributed by atoms with Crippen LogP contribution in [0, 0.1) is 11.8 Å².